The summed E-state index contributed by atoms with van der Waals surface area (Å²) in [6.45, 7) is 2.53. The van der Waals surface area contributed by atoms with Gasteiger partial charge in [0.05, 0.1) is 0 Å². The number of nitrogens with two attached hydrogens (primary N) is 1. The Morgan fingerprint density at radius 2 is 1.95 bits per heavy atom. The van der Waals surface area contributed by atoms with Crippen molar-refractivity contribution >= 4 is 5.82 Å². The molecule has 2 aromatic rings. The molecule has 3 rings (SSSR count). The van der Waals surface area contributed by atoms with Gasteiger partial charge in [0, 0.05) is 24.3 Å². The minimum absolute atomic E-state index is 0.707. The molecule has 0 atom stereocenters. The van der Waals surface area contributed by atoms with Gasteiger partial charge in [0.25, 0.3) is 0 Å². The highest BCUT2D eigenvalue weighted by molar-refractivity contribution is 5.50. The lowest BCUT2D eigenvalue weighted by Gasteiger charge is -2.25. The van der Waals surface area contributed by atoms with Gasteiger partial charge in [-0.25, -0.2) is 9.97 Å². The third-order valence-corrected chi connectivity index (χ3v) is 4.00. The highest BCUT2D eigenvalue weighted by Crippen LogP contribution is 2.28. The predicted molar refractivity (Wildman–Crippen MR) is 85.2 cm³/mol. The van der Waals surface area contributed by atoms with E-state index in [1.165, 1.54) is 23.2 Å². The van der Waals surface area contributed by atoms with E-state index in [0.29, 0.717) is 6.54 Å². The van der Waals surface area contributed by atoms with Crippen molar-refractivity contribution < 1.29 is 0 Å². The Hall–Kier alpha value is -1.94. The molecule has 1 aromatic carbocycles. The standard InChI is InChI=1S/C17H22N4/c18-10-5-11-21(12-14-6-2-1-3-7-14)17-15-8-4-9-16(15)19-13-20-17/h1-3,6-7,13H,4-5,8-12,18H2. The van der Waals surface area contributed by atoms with E-state index in [1.807, 2.05) is 0 Å². The molecule has 110 valence electrons. The van der Waals surface area contributed by atoms with Crippen molar-refractivity contribution in [3.05, 3.63) is 53.5 Å². The van der Waals surface area contributed by atoms with Crippen LogP contribution in [0.3, 0.4) is 0 Å². The molecule has 4 nitrogen and oxygen atoms in total. The van der Waals surface area contributed by atoms with Crippen LogP contribution in [-0.2, 0) is 19.4 Å². The fraction of sp³-hybridized carbons (Fsp3) is 0.412. The van der Waals surface area contributed by atoms with Gasteiger partial charge in [-0.15, -0.1) is 0 Å². The van der Waals surface area contributed by atoms with Gasteiger partial charge in [-0.1, -0.05) is 30.3 Å². The fourth-order valence-electron chi connectivity index (χ4n) is 2.96. The van der Waals surface area contributed by atoms with Gasteiger partial charge in [0.1, 0.15) is 12.1 Å². The maximum absolute atomic E-state index is 5.70. The average molecular weight is 282 g/mol. The molecule has 0 fully saturated rings. The van der Waals surface area contributed by atoms with Crippen molar-refractivity contribution in [1.82, 2.24) is 9.97 Å². The number of nitrogens with zero attached hydrogens (tertiary/aromatic N) is 3. The van der Waals surface area contributed by atoms with Crippen LogP contribution in [0.15, 0.2) is 36.7 Å². The van der Waals surface area contributed by atoms with E-state index in [2.05, 4.69) is 45.2 Å². The summed E-state index contributed by atoms with van der Waals surface area (Å²) in [5, 5.41) is 0. The first-order chi connectivity index (χ1) is 10.4. The fourth-order valence-corrected chi connectivity index (χ4v) is 2.96. The maximum atomic E-state index is 5.70. The monoisotopic (exact) mass is 282 g/mol. The summed E-state index contributed by atoms with van der Waals surface area (Å²) in [7, 11) is 0. The van der Waals surface area contributed by atoms with E-state index in [4.69, 9.17) is 5.73 Å². The van der Waals surface area contributed by atoms with Crippen molar-refractivity contribution in [3.8, 4) is 0 Å². The Bertz CT molecular complexity index is 583. The summed E-state index contributed by atoms with van der Waals surface area (Å²) in [4.78, 5) is 11.4. The quantitative estimate of drug-likeness (QED) is 0.883. The van der Waals surface area contributed by atoms with E-state index < -0.39 is 0 Å². The normalized spacial score (nSPS) is 13.2. The SMILES string of the molecule is NCCCN(Cc1ccccc1)c1ncnc2c1CCC2. The van der Waals surface area contributed by atoms with Crippen molar-refractivity contribution in [1.29, 1.82) is 0 Å². The molecule has 0 saturated heterocycles. The minimum atomic E-state index is 0.707. The van der Waals surface area contributed by atoms with Crippen LogP contribution in [-0.4, -0.2) is 23.1 Å². The summed E-state index contributed by atoms with van der Waals surface area (Å²) < 4.78 is 0. The van der Waals surface area contributed by atoms with Crippen molar-refractivity contribution in [3.63, 3.8) is 0 Å². The molecule has 0 radical (unpaired) electrons. The number of fused-ring (bicyclic) bond motifs is 1. The molecule has 0 bridgehead atoms. The average Bonchev–Trinajstić information content (AvgIpc) is 3.01. The van der Waals surface area contributed by atoms with Gasteiger partial charge in [0.2, 0.25) is 0 Å². The smallest absolute Gasteiger partial charge is 0.135 e. The second kappa shape index (κ2) is 6.68. The summed E-state index contributed by atoms with van der Waals surface area (Å²) in [6.07, 6.45) is 6.06. The van der Waals surface area contributed by atoms with Crippen LogP contribution in [0.1, 0.15) is 29.7 Å². The number of rotatable bonds is 6. The molecular formula is C17H22N4. The summed E-state index contributed by atoms with van der Waals surface area (Å²) in [5.41, 5.74) is 9.57. The molecule has 0 unspecified atom stereocenters. The zero-order chi connectivity index (χ0) is 14.5. The molecule has 0 amide bonds. The lowest BCUT2D eigenvalue weighted by atomic mass is 10.1. The molecule has 1 heterocycles. The number of benzene rings is 1. The number of aryl methyl sites for hydroxylation is 1. The molecule has 0 spiro atoms. The first-order valence-corrected chi connectivity index (χ1v) is 7.70. The third-order valence-electron chi connectivity index (χ3n) is 4.00. The van der Waals surface area contributed by atoms with Crippen LogP contribution in [0.2, 0.25) is 0 Å². The van der Waals surface area contributed by atoms with Gasteiger partial charge in [-0.2, -0.15) is 0 Å². The van der Waals surface area contributed by atoms with Crippen LogP contribution in [0, 0.1) is 0 Å². The lowest BCUT2D eigenvalue weighted by Crippen LogP contribution is -2.27. The largest absolute Gasteiger partial charge is 0.352 e. The molecule has 0 saturated carbocycles. The first kappa shape index (κ1) is 14.0. The van der Waals surface area contributed by atoms with E-state index in [0.717, 1.165) is 38.2 Å². The van der Waals surface area contributed by atoms with Crippen LogP contribution in [0.5, 0.6) is 0 Å². The van der Waals surface area contributed by atoms with E-state index in [-0.39, 0.29) is 0 Å². The number of hydrogen-bond acceptors (Lipinski definition) is 4. The van der Waals surface area contributed by atoms with E-state index in [9.17, 15) is 0 Å². The highest BCUT2D eigenvalue weighted by Gasteiger charge is 2.20. The second-order valence-corrected chi connectivity index (χ2v) is 5.53. The number of anilines is 1. The van der Waals surface area contributed by atoms with Crippen LogP contribution < -0.4 is 10.6 Å². The summed E-state index contributed by atoms with van der Waals surface area (Å²) >= 11 is 0. The van der Waals surface area contributed by atoms with Crippen LogP contribution >= 0.6 is 0 Å². The Morgan fingerprint density at radius 1 is 1.10 bits per heavy atom. The second-order valence-electron chi connectivity index (χ2n) is 5.53. The molecular weight excluding hydrogens is 260 g/mol. The van der Waals surface area contributed by atoms with Crippen molar-refractivity contribution in [2.75, 3.05) is 18.0 Å². The Morgan fingerprint density at radius 3 is 2.76 bits per heavy atom. The Balaban J connectivity index is 1.87. The van der Waals surface area contributed by atoms with Gasteiger partial charge < -0.3 is 10.6 Å². The van der Waals surface area contributed by atoms with E-state index >= 15 is 0 Å². The molecule has 1 aliphatic carbocycles. The van der Waals surface area contributed by atoms with Crippen LogP contribution in [0.4, 0.5) is 5.82 Å². The topological polar surface area (TPSA) is 55.0 Å². The van der Waals surface area contributed by atoms with Crippen molar-refractivity contribution in [2.24, 2.45) is 5.73 Å². The molecule has 0 aliphatic heterocycles. The van der Waals surface area contributed by atoms with Gasteiger partial charge in [0.15, 0.2) is 0 Å². The molecule has 21 heavy (non-hydrogen) atoms. The zero-order valence-corrected chi connectivity index (χ0v) is 12.3. The predicted octanol–water partition coefficient (Wildman–Crippen LogP) is 2.32. The minimum Gasteiger partial charge on any atom is -0.352 e. The van der Waals surface area contributed by atoms with Gasteiger partial charge >= 0.3 is 0 Å². The van der Waals surface area contributed by atoms with E-state index in [1.54, 1.807) is 6.33 Å². The first-order valence-electron chi connectivity index (χ1n) is 7.70. The molecule has 2 N–H and O–H groups in total. The Kier molecular flexibility index (Phi) is 4.46. The number of aromatic nitrogens is 2. The maximum Gasteiger partial charge on any atom is 0.135 e. The third kappa shape index (κ3) is 3.22. The van der Waals surface area contributed by atoms with Gasteiger partial charge in [-0.3, -0.25) is 0 Å². The number of hydrogen-bond donors (Lipinski definition) is 1. The van der Waals surface area contributed by atoms with Crippen molar-refractivity contribution in [2.45, 2.75) is 32.2 Å². The lowest BCUT2D eigenvalue weighted by molar-refractivity contribution is 0.719. The van der Waals surface area contributed by atoms with Crippen LogP contribution in [0.25, 0.3) is 0 Å². The summed E-state index contributed by atoms with van der Waals surface area (Å²) in [5.74, 6) is 1.11. The van der Waals surface area contributed by atoms with Gasteiger partial charge in [-0.05, 0) is 37.8 Å². The highest BCUT2D eigenvalue weighted by atomic mass is 15.2. The molecule has 4 heteroatoms. The molecule has 1 aliphatic rings. The zero-order valence-electron chi connectivity index (χ0n) is 12.3. The summed E-state index contributed by atoms with van der Waals surface area (Å²) in [6, 6.07) is 10.5. The molecule has 1 aromatic heterocycles. The Labute approximate surface area is 126 Å².